The third kappa shape index (κ3) is 2.18. The molecule has 0 amide bonds. The van der Waals surface area contributed by atoms with Crippen molar-refractivity contribution in [3.05, 3.63) is 58.6 Å². The predicted molar refractivity (Wildman–Crippen MR) is 87.3 cm³/mol. The third-order valence-electron chi connectivity index (χ3n) is 3.71. The molecule has 0 atom stereocenters. The number of hydrogen-bond acceptors (Lipinski definition) is 3. The lowest BCUT2D eigenvalue weighted by atomic mass is 9.85. The molecule has 3 aromatic rings. The number of nitrogen functional groups attached to an aromatic ring is 1. The van der Waals surface area contributed by atoms with Crippen molar-refractivity contribution < 1.29 is 0 Å². The number of hydrogen-bond donors (Lipinski definition) is 1. The van der Waals surface area contributed by atoms with Crippen LogP contribution in [0.1, 0.15) is 30.0 Å². The van der Waals surface area contributed by atoms with Crippen LogP contribution in [0.5, 0.6) is 0 Å². The molecule has 0 radical (unpaired) electrons. The molecule has 0 fully saturated rings. The van der Waals surface area contributed by atoms with E-state index in [1.165, 1.54) is 15.8 Å². The van der Waals surface area contributed by atoms with Gasteiger partial charge in [-0.3, -0.25) is 0 Å². The van der Waals surface area contributed by atoms with Gasteiger partial charge in [0.2, 0.25) is 0 Å². The topological polar surface area (TPSA) is 38.9 Å². The predicted octanol–water partition coefficient (Wildman–Crippen LogP) is 4.51. The fourth-order valence-corrected chi connectivity index (χ4v) is 3.51. The second-order valence-electron chi connectivity index (χ2n) is 5.74. The molecule has 0 aliphatic rings. The quantitative estimate of drug-likeness (QED) is 0.702. The number of aryl methyl sites for hydroxylation is 1. The lowest BCUT2D eigenvalue weighted by Gasteiger charge is -2.22. The average molecular weight is 282 g/mol. The molecule has 0 unspecified atom stereocenters. The van der Waals surface area contributed by atoms with Crippen LogP contribution >= 0.6 is 11.3 Å². The van der Waals surface area contributed by atoms with Crippen LogP contribution < -0.4 is 5.73 Å². The molecule has 2 aromatic carbocycles. The van der Waals surface area contributed by atoms with Gasteiger partial charge in [0, 0.05) is 11.1 Å². The van der Waals surface area contributed by atoms with Gasteiger partial charge in [-0.05, 0) is 56.2 Å². The van der Waals surface area contributed by atoms with E-state index >= 15 is 0 Å². The summed E-state index contributed by atoms with van der Waals surface area (Å²) >= 11 is 1.78. The Kier molecular flexibility index (Phi) is 3.02. The first-order valence-corrected chi connectivity index (χ1v) is 7.52. The molecule has 2 nitrogen and oxygen atoms in total. The van der Waals surface area contributed by atoms with Crippen molar-refractivity contribution in [1.29, 1.82) is 0 Å². The maximum Gasteiger partial charge on any atom is 0.104 e. The lowest BCUT2D eigenvalue weighted by Crippen LogP contribution is -2.18. The van der Waals surface area contributed by atoms with Crippen LogP contribution in [0.25, 0.3) is 10.2 Å². The van der Waals surface area contributed by atoms with Gasteiger partial charge in [-0.25, -0.2) is 4.98 Å². The molecule has 3 heteroatoms. The number of nitrogens with two attached hydrogens (primary N) is 1. The zero-order valence-corrected chi connectivity index (χ0v) is 12.8. The molecule has 1 aromatic heterocycles. The number of nitrogens with zero attached hydrogens (tertiary/aromatic N) is 1. The van der Waals surface area contributed by atoms with Crippen molar-refractivity contribution >= 4 is 27.2 Å². The highest BCUT2D eigenvalue weighted by molar-refractivity contribution is 7.18. The molecule has 1 heterocycles. The molecule has 0 saturated heterocycles. The van der Waals surface area contributed by atoms with Gasteiger partial charge in [-0.2, -0.15) is 0 Å². The Hall–Kier alpha value is -1.87. The van der Waals surface area contributed by atoms with E-state index < -0.39 is 0 Å². The number of benzene rings is 2. The summed E-state index contributed by atoms with van der Waals surface area (Å²) in [5.74, 6) is 0. The first-order chi connectivity index (χ1) is 9.46. The first-order valence-electron chi connectivity index (χ1n) is 6.70. The number of anilines is 1. The Morgan fingerprint density at radius 2 is 1.75 bits per heavy atom. The zero-order valence-electron chi connectivity index (χ0n) is 12.0. The summed E-state index contributed by atoms with van der Waals surface area (Å²) in [6.45, 7) is 6.54. The minimum Gasteiger partial charge on any atom is -0.399 e. The van der Waals surface area contributed by atoms with Crippen LogP contribution in [0.4, 0.5) is 5.69 Å². The highest BCUT2D eigenvalue weighted by Crippen LogP contribution is 2.36. The van der Waals surface area contributed by atoms with Gasteiger partial charge in [-0.1, -0.05) is 18.2 Å². The maximum atomic E-state index is 5.77. The van der Waals surface area contributed by atoms with E-state index in [2.05, 4.69) is 51.1 Å². The summed E-state index contributed by atoms with van der Waals surface area (Å²) in [6, 6.07) is 14.5. The van der Waals surface area contributed by atoms with E-state index in [1.54, 1.807) is 11.3 Å². The van der Waals surface area contributed by atoms with Gasteiger partial charge in [0.25, 0.3) is 0 Å². The third-order valence-corrected chi connectivity index (χ3v) is 5.05. The fourth-order valence-electron chi connectivity index (χ4n) is 2.32. The van der Waals surface area contributed by atoms with Crippen molar-refractivity contribution in [2.75, 3.05) is 5.73 Å². The highest BCUT2D eigenvalue weighted by Gasteiger charge is 2.26. The minimum atomic E-state index is -0.106. The summed E-state index contributed by atoms with van der Waals surface area (Å²) in [5.41, 5.74) is 10.1. The van der Waals surface area contributed by atoms with Crippen LogP contribution in [0.2, 0.25) is 0 Å². The van der Waals surface area contributed by atoms with Crippen molar-refractivity contribution in [2.24, 2.45) is 0 Å². The monoisotopic (exact) mass is 282 g/mol. The maximum absolute atomic E-state index is 5.77. The van der Waals surface area contributed by atoms with Gasteiger partial charge in [0.1, 0.15) is 5.01 Å². The number of rotatable bonds is 2. The van der Waals surface area contributed by atoms with Gasteiger partial charge in [0.05, 0.1) is 10.2 Å². The molecule has 0 aliphatic heterocycles. The molecular formula is C17H18N2S. The SMILES string of the molecule is Cc1ccc2nc(C(C)(C)c3ccc(N)cc3)sc2c1. The number of thiazole rings is 1. The van der Waals surface area contributed by atoms with E-state index in [1.807, 2.05) is 12.1 Å². The molecule has 0 bridgehead atoms. The minimum absolute atomic E-state index is 0.106. The van der Waals surface area contributed by atoms with Gasteiger partial charge in [0.15, 0.2) is 0 Å². The van der Waals surface area contributed by atoms with E-state index in [9.17, 15) is 0 Å². The van der Waals surface area contributed by atoms with Gasteiger partial charge in [-0.15, -0.1) is 11.3 Å². The van der Waals surface area contributed by atoms with Gasteiger partial charge >= 0.3 is 0 Å². The van der Waals surface area contributed by atoms with E-state index in [4.69, 9.17) is 10.7 Å². The Labute approximate surface area is 123 Å². The molecule has 102 valence electrons. The van der Waals surface area contributed by atoms with Crippen molar-refractivity contribution in [3.8, 4) is 0 Å². The van der Waals surface area contributed by atoms with Crippen molar-refractivity contribution in [3.63, 3.8) is 0 Å². The van der Waals surface area contributed by atoms with Crippen molar-refractivity contribution in [2.45, 2.75) is 26.2 Å². The van der Waals surface area contributed by atoms with E-state index in [0.717, 1.165) is 16.2 Å². The Morgan fingerprint density at radius 3 is 2.45 bits per heavy atom. The van der Waals surface area contributed by atoms with Crippen LogP contribution in [0, 0.1) is 6.92 Å². The number of aromatic nitrogens is 1. The first kappa shape index (κ1) is 13.1. The second-order valence-corrected chi connectivity index (χ2v) is 6.77. The molecule has 0 saturated carbocycles. The summed E-state index contributed by atoms with van der Waals surface area (Å²) in [7, 11) is 0. The molecule has 20 heavy (non-hydrogen) atoms. The number of fused-ring (bicyclic) bond motifs is 1. The van der Waals surface area contributed by atoms with E-state index in [0.29, 0.717) is 0 Å². The van der Waals surface area contributed by atoms with Crippen LogP contribution in [0.15, 0.2) is 42.5 Å². The molecule has 3 rings (SSSR count). The normalized spacial score (nSPS) is 11.9. The van der Waals surface area contributed by atoms with Gasteiger partial charge < -0.3 is 5.73 Å². The summed E-state index contributed by atoms with van der Waals surface area (Å²) in [5, 5.41) is 1.14. The summed E-state index contributed by atoms with van der Waals surface area (Å²) < 4.78 is 1.25. The molecule has 0 aliphatic carbocycles. The van der Waals surface area contributed by atoms with Crippen LogP contribution in [-0.2, 0) is 5.41 Å². The van der Waals surface area contributed by atoms with Crippen LogP contribution in [-0.4, -0.2) is 4.98 Å². The Morgan fingerprint density at radius 1 is 1.05 bits per heavy atom. The largest absolute Gasteiger partial charge is 0.399 e. The zero-order chi connectivity index (χ0) is 14.3. The molecule has 0 spiro atoms. The fraction of sp³-hybridized carbons (Fsp3) is 0.235. The Bertz CT molecular complexity index is 754. The highest BCUT2D eigenvalue weighted by atomic mass is 32.1. The smallest absolute Gasteiger partial charge is 0.104 e. The Balaban J connectivity index is 2.10. The molecular weight excluding hydrogens is 264 g/mol. The summed E-state index contributed by atoms with van der Waals surface area (Å²) in [6.07, 6.45) is 0. The average Bonchev–Trinajstić information content (AvgIpc) is 2.83. The lowest BCUT2D eigenvalue weighted by molar-refractivity contribution is 0.637. The van der Waals surface area contributed by atoms with E-state index in [-0.39, 0.29) is 5.41 Å². The van der Waals surface area contributed by atoms with Crippen molar-refractivity contribution in [1.82, 2.24) is 4.98 Å². The summed E-state index contributed by atoms with van der Waals surface area (Å²) in [4.78, 5) is 4.81. The standard InChI is InChI=1S/C17H18N2S/c1-11-4-9-14-15(10-11)20-16(19-14)17(2,3)12-5-7-13(18)8-6-12/h4-10H,18H2,1-3H3. The van der Waals surface area contributed by atoms with Crippen LogP contribution in [0.3, 0.4) is 0 Å². The molecule has 2 N–H and O–H groups in total. The second kappa shape index (κ2) is 4.60.